The molecule has 0 radical (unpaired) electrons. The molecule has 6 heteroatoms. The highest BCUT2D eigenvalue weighted by Crippen LogP contribution is 2.51. The fourth-order valence-corrected chi connectivity index (χ4v) is 5.33. The minimum atomic E-state index is -2.02. The first-order valence-corrected chi connectivity index (χ1v) is 14.6. The van der Waals surface area contributed by atoms with E-state index in [1.54, 1.807) is 37.4 Å². The monoisotopic (exact) mass is 488 g/mol. The number of benzene rings is 3. The first-order chi connectivity index (χ1) is 16.4. The zero-order valence-electron chi connectivity index (χ0n) is 21.0. The first-order valence-electron chi connectivity index (χ1n) is 11.6. The molecule has 0 fully saturated rings. The second-order valence-electron chi connectivity index (χ2n) is 10.4. The van der Waals surface area contributed by atoms with Crippen molar-refractivity contribution < 1.29 is 24.2 Å². The predicted molar refractivity (Wildman–Crippen MR) is 140 cm³/mol. The van der Waals surface area contributed by atoms with E-state index >= 15 is 0 Å². The molecule has 182 valence electrons. The Balaban J connectivity index is 1.86. The molecule has 0 saturated heterocycles. The molecule has 4 rings (SSSR count). The van der Waals surface area contributed by atoms with E-state index < -0.39 is 19.9 Å². The predicted octanol–water partition coefficient (Wildman–Crippen LogP) is 6.22. The van der Waals surface area contributed by atoms with Gasteiger partial charge < -0.3 is 19.4 Å². The van der Waals surface area contributed by atoms with Crippen LogP contribution in [-0.2, 0) is 10.4 Å². The van der Waals surface area contributed by atoms with E-state index in [1.165, 1.54) is 0 Å². The van der Waals surface area contributed by atoms with Crippen LogP contribution in [0.15, 0.2) is 78.4 Å². The molecule has 0 bridgehead atoms. The minimum absolute atomic E-state index is 0.0594. The van der Waals surface area contributed by atoms with Gasteiger partial charge in [0.1, 0.15) is 17.1 Å². The van der Waals surface area contributed by atoms with Crippen LogP contribution >= 0.6 is 0 Å². The molecule has 0 saturated carbocycles. The van der Waals surface area contributed by atoms with Crippen LogP contribution in [0.25, 0.3) is 5.57 Å². The summed E-state index contributed by atoms with van der Waals surface area (Å²) in [6.45, 7) is 10.9. The number of rotatable bonds is 6. The van der Waals surface area contributed by atoms with Crippen molar-refractivity contribution in [1.29, 1.82) is 0 Å². The summed E-state index contributed by atoms with van der Waals surface area (Å²) in [4.78, 5) is 12.7. The molecule has 1 atom stereocenters. The molecule has 2 N–H and O–H groups in total. The maximum absolute atomic E-state index is 12.7. The molecular formula is C29H32O5Si. The van der Waals surface area contributed by atoms with Gasteiger partial charge in [0.2, 0.25) is 8.32 Å². The molecule has 1 aliphatic carbocycles. The Bertz CT molecular complexity index is 1280. The molecule has 0 aromatic heterocycles. The summed E-state index contributed by atoms with van der Waals surface area (Å²) in [7, 11) is -0.452. The standard InChI is InChI=1S/C29H32O5Si/c1-28(2,3)35(5,6)34-22-15-11-19(12-16-22)25-23-9-7-8-10-24(23)29(32,26(25)27(30)31)20-13-17-21(33-4)18-14-20/h7-18,32H,1-6H3,(H,30,31). The largest absolute Gasteiger partial charge is 0.544 e. The van der Waals surface area contributed by atoms with E-state index in [4.69, 9.17) is 9.16 Å². The number of carboxylic acid groups (broad SMARTS) is 1. The van der Waals surface area contributed by atoms with Crippen LogP contribution in [-0.4, -0.2) is 31.6 Å². The summed E-state index contributed by atoms with van der Waals surface area (Å²) in [6, 6.07) is 21.7. The molecule has 0 spiro atoms. The Morgan fingerprint density at radius 2 is 1.46 bits per heavy atom. The Hall–Kier alpha value is -3.35. The highest BCUT2D eigenvalue weighted by molar-refractivity contribution is 6.74. The van der Waals surface area contributed by atoms with Gasteiger partial charge in [-0.25, -0.2) is 4.79 Å². The van der Waals surface area contributed by atoms with Gasteiger partial charge in [0.15, 0.2) is 0 Å². The van der Waals surface area contributed by atoms with Crippen molar-refractivity contribution in [3.05, 3.63) is 101 Å². The second-order valence-corrected chi connectivity index (χ2v) is 15.2. The lowest BCUT2D eigenvalue weighted by atomic mass is 9.83. The van der Waals surface area contributed by atoms with Gasteiger partial charge in [-0.15, -0.1) is 0 Å². The summed E-state index contributed by atoms with van der Waals surface area (Å²) in [5.74, 6) is 0.215. The molecule has 3 aromatic rings. The van der Waals surface area contributed by atoms with Gasteiger partial charge in [0, 0.05) is 11.1 Å². The quantitative estimate of drug-likeness (QED) is 0.403. The molecule has 0 heterocycles. The van der Waals surface area contributed by atoms with Crippen molar-refractivity contribution >= 4 is 19.9 Å². The molecular weight excluding hydrogens is 456 g/mol. The van der Waals surface area contributed by atoms with E-state index in [9.17, 15) is 15.0 Å². The number of hydrogen-bond donors (Lipinski definition) is 2. The number of ether oxygens (including phenoxy) is 1. The third-order valence-electron chi connectivity index (χ3n) is 7.24. The zero-order valence-corrected chi connectivity index (χ0v) is 22.0. The summed E-state index contributed by atoms with van der Waals surface area (Å²) in [5, 5.41) is 22.4. The highest BCUT2D eigenvalue weighted by Gasteiger charge is 2.48. The summed E-state index contributed by atoms with van der Waals surface area (Å²) in [6.07, 6.45) is 0. The zero-order chi connectivity index (χ0) is 25.6. The lowest BCUT2D eigenvalue weighted by Gasteiger charge is -2.36. The average molecular weight is 489 g/mol. The van der Waals surface area contributed by atoms with Gasteiger partial charge in [-0.3, -0.25) is 0 Å². The lowest BCUT2D eigenvalue weighted by Crippen LogP contribution is -2.43. The van der Waals surface area contributed by atoms with E-state index in [2.05, 4.69) is 33.9 Å². The average Bonchev–Trinajstić information content (AvgIpc) is 3.09. The normalized spacial score (nSPS) is 17.8. The van der Waals surface area contributed by atoms with Gasteiger partial charge in [-0.1, -0.05) is 69.3 Å². The smallest absolute Gasteiger partial charge is 0.335 e. The van der Waals surface area contributed by atoms with E-state index in [1.807, 2.05) is 42.5 Å². The number of hydrogen-bond acceptors (Lipinski definition) is 4. The van der Waals surface area contributed by atoms with Gasteiger partial charge in [0.25, 0.3) is 0 Å². The SMILES string of the molecule is COc1ccc(C2(O)C(C(=O)O)=C(c3ccc(O[Si](C)(C)C(C)(C)C)cc3)c3ccccc32)cc1. The number of aliphatic hydroxyl groups is 1. The van der Waals surface area contributed by atoms with Crippen molar-refractivity contribution in [1.82, 2.24) is 0 Å². The van der Waals surface area contributed by atoms with Gasteiger partial charge in [0.05, 0.1) is 12.7 Å². The van der Waals surface area contributed by atoms with E-state index in [-0.39, 0.29) is 10.6 Å². The highest BCUT2D eigenvalue weighted by atomic mass is 28.4. The third kappa shape index (κ3) is 4.17. The number of carboxylic acids is 1. The minimum Gasteiger partial charge on any atom is -0.544 e. The summed E-state index contributed by atoms with van der Waals surface area (Å²) < 4.78 is 11.7. The summed E-state index contributed by atoms with van der Waals surface area (Å²) >= 11 is 0. The van der Waals surface area contributed by atoms with Crippen molar-refractivity contribution in [2.75, 3.05) is 7.11 Å². The van der Waals surface area contributed by atoms with Crippen LogP contribution in [0.5, 0.6) is 11.5 Å². The number of carbonyl (C=O) groups is 1. The maximum atomic E-state index is 12.7. The summed E-state index contributed by atoms with van der Waals surface area (Å²) in [5.41, 5.74) is 1.05. The van der Waals surface area contributed by atoms with E-state index in [0.29, 0.717) is 33.6 Å². The lowest BCUT2D eigenvalue weighted by molar-refractivity contribution is -0.134. The van der Waals surface area contributed by atoms with Gasteiger partial charge in [-0.05, 0) is 59.1 Å². The first kappa shape index (κ1) is 24.8. The molecule has 0 aliphatic heterocycles. The van der Waals surface area contributed by atoms with E-state index in [0.717, 1.165) is 5.75 Å². The Labute approximate surface area is 207 Å². The van der Waals surface area contributed by atoms with Crippen LogP contribution in [0.2, 0.25) is 18.1 Å². The van der Waals surface area contributed by atoms with Crippen LogP contribution < -0.4 is 9.16 Å². The van der Waals surface area contributed by atoms with Crippen molar-refractivity contribution in [2.24, 2.45) is 0 Å². The fourth-order valence-electron chi connectivity index (χ4n) is 4.30. The number of aliphatic carboxylic acids is 1. The third-order valence-corrected chi connectivity index (χ3v) is 11.6. The molecule has 0 amide bonds. The van der Waals surface area contributed by atoms with Gasteiger partial charge >= 0.3 is 5.97 Å². The Morgan fingerprint density at radius 3 is 2.00 bits per heavy atom. The van der Waals surface area contributed by atoms with Crippen molar-refractivity contribution in [3.63, 3.8) is 0 Å². The maximum Gasteiger partial charge on any atom is 0.335 e. The molecule has 5 nitrogen and oxygen atoms in total. The topological polar surface area (TPSA) is 76.0 Å². The van der Waals surface area contributed by atoms with Crippen molar-refractivity contribution in [3.8, 4) is 11.5 Å². The fraction of sp³-hybridized carbons (Fsp3) is 0.276. The Morgan fingerprint density at radius 1 is 0.886 bits per heavy atom. The number of methoxy groups -OCH3 is 1. The molecule has 1 unspecified atom stereocenters. The van der Waals surface area contributed by atoms with Gasteiger partial charge in [-0.2, -0.15) is 0 Å². The van der Waals surface area contributed by atoms with Crippen LogP contribution in [0.1, 0.15) is 43.0 Å². The molecule has 35 heavy (non-hydrogen) atoms. The number of fused-ring (bicyclic) bond motifs is 1. The van der Waals surface area contributed by atoms with Crippen LogP contribution in [0, 0.1) is 0 Å². The second kappa shape index (κ2) is 8.70. The van der Waals surface area contributed by atoms with Crippen LogP contribution in [0.3, 0.4) is 0 Å². The van der Waals surface area contributed by atoms with Crippen LogP contribution in [0.4, 0.5) is 0 Å². The Kier molecular flexibility index (Phi) is 6.15. The van der Waals surface area contributed by atoms with Crippen molar-refractivity contribution in [2.45, 2.75) is 44.5 Å². The molecule has 3 aromatic carbocycles. The molecule has 1 aliphatic rings.